The molecule has 23 heavy (non-hydrogen) atoms. The van der Waals surface area contributed by atoms with Gasteiger partial charge in [-0.05, 0) is 0 Å². The summed E-state index contributed by atoms with van der Waals surface area (Å²) in [4.78, 5) is 0. The molecule has 0 aromatic heterocycles. The third-order valence-electron chi connectivity index (χ3n) is 4.50. The van der Waals surface area contributed by atoms with Gasteiger partial charge < -0.3 is 0 Å². The van der Waals surface area contributed by atoms with Gasteiger partial charge in [-0.25, -0.2) is 0 Å². The molecule has 0 radical (unpaired) electrons. The minimum absolute atomic E-state index is 0.509. The molecule has 3 aromatic carbocycles. The third kappa shape index (κ3) is 2.32. The molecule has 0 aliphatic heterocycles. The van der Waals surface area contributed by atoms with E-state index in [1.165, 1.54) is 0 Å². The molecule has 5 heteroatoms. The molecule has 0 nitrogen and oxygen atoms in total. The molecule has 0 saturated carbocycles. The maximum absolute atomic E-state index is 7.36. The van der Waals surface area contributed by atoms with Crippen molar-refractivity contribution >= 4 is 48.8 Å². The fourth-order valence-corrected chi connectivity index (χ4v) is 15.7. The second-order valence-electron chi connectivity index (χ2n) is 6.04. The van der Waals surface area contributed by atoms with E-state index in [9.17, 15) is 0 Å². The van der Waals surface area contributed by atoms with Crippen LogP contribution in [0.15, 0.2) is 91.0 Å². The van der Waals surface area contributed by atoms with E-state index in [-0.39, 0.29) is 0 Å². The molecule has 0 N–H and O–H groups in total. The van der Waals surface area contributed by atoms with Crippen LogP contribution in [-0.2, 0) is 8.50 Å². The summed E-state index contributed by atoms with van der Waals surface area (Å²) in [6.45, 7) is 0. The SMILES string of the molecule is [Cl][Ti]([Cl])([Cl])([Cl])([c]1ccccc1)([c]1ccccc1)[c]1ccccc1. The molecular formula is C18H15Cl4Ti. The monoisotopic (exact) mass is 419 g/mol. The zero-order chi connectivity index (χ0) is 16.7. The Balaban J connectivity index is 2.61. The average molecular weight is 421 g/mol. The zero-order valence-corrected chi connectivity index (χ0v) is 16.8. The van der Waals surface area contributed by atoms with Crippen molar-refractivity contribution < 1.29 is 8.50 Å². The number of hydrogen-bond acceptors (Lipinski definition) is 0. The van der Waals surface area contributed by atoms with Gasteiger partial charge in [-0.3, -0.25) is 0 Å². The van der Waals surface area contributed by atoms with Gasteiger partial charge in [0.25, 0.3) is 0 Å². The van der Waals surface area contributed by atoms with Crippen LogP contribution in [0.2, 0.25) is 0 Å². The molecule has 0 bridgehead atoms. The molecule has 0 heterocycles. The third-order valence-corrected chi connectivity index (χ3v) is 23.6. The Morgan fingerprint density at radius 2 is 0.609 bits per heavy atom. The summed E-state index contributed by atoms with van der Waals surface area (Å²) < 4.78 is 1.53. The summed E-state index contributed by atoms with van der Waals surface area (Å²) in [7, 11) is 22.9. The maximum atomic E-state index is 7.36. The molecule has 119 valence electrons. The van der Waals surface area contributed by atoms with E-state index < -0.39 is 8.50 Å². The predicted octanol–water partition coefficient (Wildman–Crippen LogP) is 5.34. The number of hydrogen-bond donors (Lipinski definition) is 0. The van der Waals surface area contributed by atoms with Crippen molar-refractivity contribution in [3.05, 3.63) is 91.0 Å². The molecular weight excluding hydrogens is 406 g/mol. The van der Waals surface area contributed by atoms with E-state index in [2.05, 4.69) is 0 Å². The number of rotatable bonds is 3. The van der Waals surface area contributed by atoms with Crippen LogP contribution in [0.25, 0.3) is 0 Å². The van der Waals surface area contributed by atoms with Crippen LogP contribution in [0.1, 0.15) is 0 Å². The van der Waals surface area contributed by atoms with Crippen LogP contribution < -0.4 is 11.6 Å². The van der Waals surface area contributed by atoms with Crippen LogP contribution in [0.4, 0.5) is 0 Å². The van der Waals surface area contributed by atoms with Crippen molar-refractivity contribution in [2.75, 3.05) is 0 Å². The first kappa shape index (κ1) is 17.4. The fraction of sp³-hybridized carbons (Fsp3) is 0. The number of halogens is 4. The molecule has 0 unspecified atom stereocenters. The summed E-state index contributed by atoms with van der Waals surface area (Å²) in [6.07, 6.45) is 0. The van der Waals surface area contributed by atoms with Gasteiger partial charge in [-0.1, -0.05) is 0 Å². The summed E-state index contributed by atoms with van der Waals surface area (Å²) in [5.74, 6) is 0. The molecule has 0 fully saturated rings. The van der Waals surface area contributed by atoms with E-state index in [1.54, 1.807) is 36.4 Å². The van der Waals surface area contributed by atoms with Crippen LogP contribution in [0.5, 0.6) is 0 Å². The van der Waals surface area contributed by atoms with Gasteiger partial charge in [-0.15, -0.1) is 0 Å². The Hall–Kier alpha value is -0.466. The molecule has 0 spiro atoms. The second kappa shape index (κ2) is 4.58. The van der Waals surface area contributed by atoms with Crippen LogP contribution in [0, 0.1) is 0 Å². The van der Waals surface area contributed by atoms with Crippen LogP contribution in [-0.4, -0.2) is 0 Å². The van der Waals surface area contributed by atoms with Crippen molar-refractivity contribution in [2.45, 2.75) is 0 Å². The van der Waals surface area contributed by atoms with Gasteiger partial charge in [0, 0.05) is 0 Å². The molecule has 0 aliphatic rings. The Labute approximate surface area is 147 Å². The van der Waals surface area contributed by atoms with Crippen molar-refractivity contribution in [1.29, 1.82) is 0 Å². The summed E-state index contributed by atoms with van der Waals surface area (Å²) >= 11 is 0. The standard InChI is InChI=1S/3C6H5.4ClH.Ti/c3*1-2-4-6-5-3-1;;;;;/h3*1-5H;4*1H;/q;;;;;;;+4/p-4. The first-order chi connectivity index (χ1) is 10.6. The molecule has 0 aliphatic carbocycles. The molecule has 0 atom stereocenters. The normalized spacial score (nSPS) is 16.6. The summed E-state index contributed by atoms with van der Waals surface area (Å²) in [5.41, 5.74) is 0. The van der Waals surface area contributed by atoms with E-state index in [1.807, 2.05) is 54.6 Å². The van der Waals surface area contributed by atoms with Crippen molar-refractivity contribution in [1.82, 2.24) is 0 Å². The predicted molar refractivity (Wildman–Crippen MR) is 102 cm³/mol. The van der Waals surface area contributed by atoms with E-state index >= 15 is 0 Å². The van der Waals surface area contributed by atoms with Crippen LogP contribution in [0.3, 0.4) is 0 Å². The van der Waals surface area contributed by atoms with Gasteiger partial charge >= 0.3 is 148 Å². The topological polar surface area (TPSA) is 0 Å². The minimum atomic E-state index is -6.57. The van der Waals surface area contributed by atoms with E-state index in [0.717, 1.165) is 0 Å². The molecule has 3 aromatic rings. The average Bonchev–Trinajstić information content (AvgIpc) is 2.57. The first-order valence-electron chi connectivity index (χ1n) is 7.24. The van der Waals surface area contributed by atoms with Crippen molar-refractivity contribution in [3.8, 4) is 0 Å². The van der Waals surface area contributed by atoms with Gasteiger partial charge in [0.2, 0.25) is 0 Å². The molecule has 0 saturated heterocycles. The Kier molecular flexibility index (Phi) is 3.46. The first-order valence-corrected chi connectivity index (χ1v) is 18.2. The molecule has 3 rings (SSSR count). The van der Waals surface area contributed by atoms with Gasteiger partial charge in [0.05, 0.1) is 0 Å². The van der Waals surface area contributed by atoms with Crippen molar-refractivity contribution in [3.63, 3.8) is 0 Å². The Morgan fingerprint density at radius 3 is 0.826 bits per heavy atom. The van der Waals surface area contributed by atoms with E-state index in [4.69, 9.17) is 37.2 Å². The van der Waals surface area contributed by atoms with Gasteiger partial charge in [0.15, 0.2) is 0 Å². The Bertz CT molecular complexity index is 752. The van der Waals surface area contributed by atoms with Gasteiger partial charge in [0.1, 0.15) is 0 Å². The van der Waals surface area contributed by atoms with E-state index in [0.29, 0.717) is 11.6 Å². The summed E-state index contributed by atoms with van der Waals surface area (Å²) in [5, 5.41) is 0. The van der Waals surface area contributed by atoms with Gasteiger partial charge in [-0.2, -0.15) is 0 Å². The number of benzene rings is 3. The van der Waals surface area contributed by atoms with Crippen molar-refractivity contribution in [2.24, 2.45) is 0 Å². The Morgan fingerprint density at radius 1 is 0.391 bits per heavy atom. The second-order valence-corrected chi connectivity index (χ2v) is 38.3. The zero-order valence-electron chi connectivity index (χ0n) is 12.2. The molecule has 0 amide bonds. The quantitative estimate of drug-likeness (QED) is 0.502. The fourth-order valence-electron chi connectivity index (χ4n) is 3.07. The summed E-state index contributed by atoms with van der Waals surface area (Å²) in [6, 6.07) is 27.3. The van der Waals surface area contributed by atoms with Crippen LogP contribution >= 0.6 is 37.2 Å².